The van der Waals surface area contributed by atoms with Crippen LogP contribution in [0.1, 0.15) is 31.0 Å². The molecule has 0 aliphatic rings. The molecule has 2 rings (SSSR count). The highest BCUT2D eigenvalue weighted by Gasteiger charge is 2.11. The average Bonchev–Trinajstić information content (AvgIpc) is 2.46. The Hall–Kier alpha value is -2.07. The van der Waals surface area contributed by atoms with Crippen molar-refractivity contribution in [1.29, 1.82) is 0 Å². The molecule has 20 heavy (non-hydrogen) atoms. The highest BCUT2D eigenvalue weighted by Crippen LogP contribution is 2.24. The Morgan fingerprint density at radius 1 is 1.00 bits per heavy atom. The fourth-order valence-electron chi connectivity index (χ4n) is 1.95. The van der Waals surface area contributed by atoms with Crippen LogP contribution >= 0.6 is 0 Å². The number of hydrogen-bond acceptors (Lipinski definition) is 4. The van der Waals surface area contributed by atoms with Gasteiger partial charge >= 0.3 is 0 Å². The third-order valence-electron chi connectivity index (χ3n) is 2.94. The van der Waals surface area contributed by atoms with E-state index in [0.717, 1.165) is 22.6 Å². The molecule has 0 aliphatic heterocycles. The molecule has 0 fully saturated rings. The van der Waals surface area contributed by atoms with Crippen LogP contribution in [0.15, 0.2) is 42.7 Å². The summed E-state index contributed by atoms with van der Waals surface area (Å²) in [6.45, 7) is 3.96. The topological polar surface area (TPSA) is 57.4 Å². The molecule has 1 aromatic carbocycles. The predicted octanol–water partition coefficient (Wildman–Crippen LogP) is 2.93. The number of aromatic nitrogens is 1. The summed E-state index contributed by atoms with van der Waals surface area (Å²) in [6, 6.07) is 9.42. The average molecular weight is 272 g/mol. The molecule has 4 nitrogen and oxygen atoms in total. The zero-order valence-electron chi connectivity index (χ0n) is 12.0. The highest BCUT2D eigenvalue weighted by atomic mass is 16.5. The molecule has 4 heteroatoms. The zero-order valence-corrected chi connectivity index (χ0v) is 12.0. The number of pyridine rings is 1. The fourth-order valence-corrected chi connectivity index (χ4v) is 1.95. The van der Waals surface area contributed by atoms with Gasteiger partial charge in [0.05, 0.1) is 25.5 Å². The summed E-state index contributed by atoms with van der Waals surface area (Å²) in [6.07, 6.45) is 3.58. The minimum Gasteiger partial charge on any atom is -0.497 e. The third kappa shape index (κ3) is 3.48. The smallest absolute Gasteiger partial charge is 0.138 e. The van der Waals surface area contributed by atoms with Gasteiger partial charge in [-0.05, 0) is 43.2 Å². The van der Waals surface area contributed by atoms with Crippen molar-refractivity contribution in [3.8, 4) is 11.5 Å². The molecular weight excluding hydrogens is 252 g/mol. The molecule has 0 saturated heterocycles. The summed E-state index contributed by atoms with van der Waals surface area (Å²) in [5.41, 5.74) is 8.20. The molecule has 1 heterocycles. The number of ether oxygens (including phenoxy) is 2. The number of nitrogens with two attached hydrogens (primary N) is 1. The first-order chi connectivity index (χ1) is 9.60. The predicted molar refractivity (Wildman–Crippen MR) is 79.0 cm³/mol. The monoisotopic (exact) mass is 272 g/mol. The summed E-state index contributed by atoms with van der Waals surface area (Å²) in [7, 11) is 1.64. The van der Waals surface area contributed by atoms with E-state index in [4.69, 9.17) is 15.2 Å². The molecule has 1 atom stereocenters. The van der Waals surface area contributed by atoms with Crippen molar-refractivity contribution in [2.75, 3.05) is 7.11 Å². The zero-order chi connectivity index (χ0) is 14.5. The maximum absolute atomic E-state index is 6.27. The quantitative estimate of drug-likeness (QED) is 0.909. The largest absolute Gasteiger partial charge is 0.497 e. The van der Waals surface area contributed by atoms with Crippen LogP contribution in [0.25, 0.3) is 0 Å². The lowest BCUT2D eigenvalue weighted by Crippen LogP contribution is -2.13. The van der Waals surface area contributed by atoms with E-state index in [0.29, 0.717) is 0 Å². The number of hydrogen-bond donors (Lipinski definition) is 1. The van der Waals surface area contributed by atoms with Gasteiger partial charge in [-0.1, -0.05) is 12.1 Å². The molecule has 106 valence electrons. The van der Waals surface area contributed by atoms with Crippen LogP contribution in [-0.2, 0) is 0 Å². The second-order valence-electron chi connectivity index (χ2n) is 4.87. The lowest BCUT2D eigenvalue weighted by molar-refractivity contribution is 0.241. The van der Waals surface area contributed by atoms with Crippen molar-refractivity contribution in [1.82, 2.24) is 4.98 Å². The fraction of sp³-hybridized carbons (Fsp3) is 0.312. The van der Waals surface area contributed by atoms with Gasteiger partial charge in [0.15, 0.2) is 0 Å². The van der Waals surface area contributed by atoms with Crippen LogP contribution in [0.5, 0.6) is 11.5 Å². The van der Waals surface area contributed by atoms with Gasteiger partial charge in [0, 0.05) is 6.20 Å². The number of rotatable bonds is 5. The van der Waals surface area contributed by atoms with Crippen LogP contribution in [0.3, 0.4) is 0 Å². The Morgan fingerprint density at radius 3 is 2.30 bits per heavy atom. The van der Waals surface area contributed by atoms with Gasteiger partial charge < -0.3 is 15.2 Å². The van der Waals surface area contributed by atoms with Crippen LogP contribution in [0.4, 0.5) is 0 Å². The van der Waals surface area contributed by atoms with Crippen molar-refractivity contribution < 1.29 is 9.47 Å². The van der Waals surface area contributed by atoms with E-state index >= 15 is 0 Å². The maximum atomic E-state index is 6.27. The van der Waals surface area contributed by atoms with E-state index in [2.05, 4.69) is 4.98 Å². The molecule has 0 amide bonds. The van der Waals surface area contributed by atoms with Crippen LogP contribution in [0.2, 0.25) is 0 Å². The van der Waals surface area contributed by atoms with Crippen LogP contribution in [0, 0.1) is 0 Å². The standard InChI is InChI=1S/C16H20N2O2/c1-11(2)20-15-8-13(9-18-10-15)16(17)12-4-6-14(19-3)7-5-12/h4-11,16H,17H2,1-3H3. The highest BCUT2D eigenvalue weighted by molar-refractivity contribution is 5.36. The third-order valence-corrected chi connectivity index (χ3v) is 2.94. The molecule has 2 aromatic rings. The van der Waals surface area contributed by atoms with E-state index in [-0.39, 0.29) is 12.1 Å². The van der Waals surface area contributed by atoms with Gasteiger partial charge in [0.25, 0.3) is 0 Å². The summed E-state index contributed by atoms with van der Waals surface area (Å²) in [5, 5.41) is 0. The van der Waals surface area contributed by atoms with Crippen LogP contribution in [-0.4, -0.2) is 18.2 Å². The van der Waals surface area contributed by atoms with Gasteiger partial charge in [0.1, 0.15) is 11.5 Å². The van der Waals surface area contributed by atoms with Crippen molar-refractivity contribution in [2.45, 2.75) is 26.0 Å². The minimum atomic E-state index is -0.232. The Kier molecular flexibility index (Phi) is 4.58. The number of benzene rings is 1. The van der Waals surface area contributed by atoms with Crippen LogP contribution < -0.4 is 15.2 Å². The van der Waals surface area contributed by atoms with Crippen molar-refractivity contribution in [2.24, 2.45) is 5.73 Å². The Labute approximate surface area is 119 Å². The van der Waals surface area contributed by atoms with E-state index in [9.17, 15) is 0 Å². The molecule has 0 radical (unpaired) electrons. The Balaban J connectivity index is 2.20. The molecule has 0 spiro atoms. The molecule has 0 saturated carbocycles. The van der Waals surface area contributed by atoms with Gasteiger partial charge in [-0.3, -0.25) is 4.98 Å². The first kappa shape index (κ1) is 14.3. The van der Waals surface area contributed by atoms with E-state index in [1.54, 1.807) is 19.5 Å². The summed E-state index contributed by atoms with van der Waals surface area (Å²) in [4.78, 5) is 4.19. The van der Waals surface area contributed by atoms with E-state index < -0.39 is 0 Å². The van der Waals surface area contributed by atoms with Crippen molar-refractivity contribution in [3.05, 3.63) is 53.9 Å². The maximum Gasteiger partial charge on any atom is 0.138 e. The lowest BCUT2D eigenvalue weighted by Gasteiger charge is -2.15. The van der Waals surface area contributed by atoms with Crippen molar-refractivity contribution in [3.63, 3.8) is 0 Å². The Morgan fingerprint density at radius 2 is 1.70 bits per heavy atom. The van der Waals surface area contributed by atoms with E-state index in [1.807, 2.05) is 44.2 Å². The molecule has 0 aliphatic carbocycles. The lowest BCUT2D eigenvalue weighted by atomic mass is 10.0. The van der Waals surface area contributed by atoms with Gasteiger partial charge in [0.2, 0.25) is 0 Å². The SMILES string of the molecule is COc1ccc(C(N)c2cncc(OC(C)C)c2)cc1. The Bertz CT molecular complexity index is 553. The normalized spacial score (nSPS) is 12.2. The van der Waals surface area contributed by atoms with Gasteiger partial charge in [-0.15, -0.1) is 0 Å². The van der Waals surface area contributed by atoms with Gasteiger partial charge in [-0.2, -0.15) is 0 Å². The molecule has 1 unspecified atom stereocenters. The second kappa shape index (κ2) is 6.39. The van der Waals surface area contributed by atoms with E-state index in [1.165, 1.54) is 0 Å². The van der Waals surface area contributed by atoms with Gasteiger partial charge in [-0.25, -0.2) is 0 Å². The number of methoxy groups -OCH3 is 1. The van der Waals surface area contributed by atoms with Crippen molar-refractivity contribution >= 4 is 0 Å². The second-order valence-corrected chi connectivity index (χ2v) is 4.87. The summed E-state index contributed by atoms with van der Waals surface area (Å²) >= 11 is 0. The minimum absolute atomic E-state index is 0.115. The summed E-state index contributed by atoms with van der Waals surface area (Å²) < 4.78 is 10.8. The summed E-state index contributed by atoms with van der Waals surface area (Å²) in [5.74, 6) is 1.55. The molecule has 1 aromatic heterocycles. The first-order valence-corrected chi connectivity index (χ1v) is 6.61. The molecular formula is C16H20N2O2. The first-order valence-electron chi connectivity index (χ1n) is 6.61. The molecule has 2 N–H and O–H groups in total. The molecule has 0 bridgehead atoms. The number of nitrogens with zero attached hydrogens (tertiary/aromatic N) is 1.